The lowest BCUT2D eigenvalue weighted by Crippen LogP contribution is -2.95. The van der Waals surface area contributed by atoms with Crippen molar-refractivity contribution < 1.29 is 44.4 Å². The highest BCUT2D eigenvalue weighted by molar-refractivity contribution is 5.87. The van der Waals surface area contributed by atoms with Crippen molar-refractivity contribution in [1.29, 1.82) is 0 Å². The Bertz CT molecular complexity index is 1260. The Morgan fingerprint density at radius 1 is 1.15 bits per heavy atom. The van der Waals surface area contributed by atoms with Crippen LogP contribution in [0.15, 0.2) is 11.6 Å². The van der Waals surface area contributed by atoms with Gasteiger partial charge in [-0.1, -0.05) is 25.8 Å². The number of carbonyl (C=O) groups excluding carboxylic acids is 2. The number of hydrogen-bond acceptors (Lipinski definition) is 11. The molecule has 4 aliphatic heterocycles. The van der Waals surface area contributed by atoms with Crippen LogP contribution in [0.4, 0.5) is 0 Å². The summed E-state index contributed by atoms with van der Waals surface area (Å²) in [4.78, 5) is 27.4. The molecule has 0 aromatic rings. The lowest BCUT2D eigenvalue weighted by atomic mass is 9.56. The summed E-state index contributed by atoms with van der Waals surface area (Å²) < 4.78 is 20.5. The van der Waals surface area contributed by atoms with Crippen molar-refractivity contribution >= 4 is 11.8 Å². The number of aliphatic hydroxyl groups excluding tert-OH is 3. The van der Waals surface area contributed by atoms with Crippen LogP contribution in [0, 0.1) is 41.4 Å². The number of hydrogen-bond donors (Lipinski definition) is 7. The lowest BCUT2D eigenvalue weighted by molar-refractivity contribution is -0.708. The molecule has 0 amide bonds. The van der Waals surface area contributed by atoms with Crippen molar-refractivity contribution in [2.75, 3.05) is 26.2 Å². The first-order valence-corrected chi connectivity index (χ1v) is 21.2. The Balaban J connectivity index is 1.37. The summed E-state index contributed by atoms with van der Waals surface area (Å²) >= 11 is 0. The van der Waals surface area contributed by atoms with Gasteiger partial charge in [-0.2, -0.15) is 0 Å². The number of piperidine rings is 2. The smallest absolute Gasteiger partial charge is 0.333 e. The van der Waals surface area contributed by atoms with Crippen molar-refractivity contribution in [2.45, 2.75) is 166 Å². The van der Waals surface area contributed by atoms with E-state index in [1.807, 2.05) is 6.92 Å². The minimum Gasteiger partial charge on any atom is -0.456 e. The highest BCUT2D eigenvalue weighted by Crippen LogP contribution is 2.55. The van der Waals surface area contributed by atoms with Crippen LogP contribution in [0.25, 0.3) is 0 Å². The third-order valence-corrected chi connectivity index (χ3v) is 14.4. The summed E-state index contributed by atoms with van der Waals surface area (Å²) in [6.07, 6.45) is 8.79. The average molecular weight is 748 g/mol. The number of carbonyl (C=O) groups is 2. The highest BCUT2D eigenvalue weighted by Gasteiger charge is 2.63. The van der Waals surface area contributed by atoms with Gasteiger partial charge < -0.3 is 45.9 Å². The molecule has 2 aliphatic carbocycles. The summed E-state index contributed by atoms with van der Waals surface area (Å²) in [6, 6.07) is 0. The minimum absolute atomic E-state index is 0.0563. The second kappa shape index (κ2) is 18.2. The van der Waals surface area contributed by atoms with Gasteiger partial charge >= 0.3 is 5.97 Å². The van der Waals surface area contributed by atoms with Gasteiger partial charge in [-0.3, -0.25) is 10.1 Å². The van der Waals surface area contributed by atoms with Gasteiger partial charge in [0.2, 0.25) is 0 Å². The molecule has 16 unspecified atom stereocenters. The third kappa shape index (κ3) is 9.39. The fourth-order valence-electron chi connectivity index (χ4n) is 11.3. The Morgan fingerprint density at radius 2 is 1.96 bits per heavy atom. The molecule has 302 valence electrons. The zero-order valence-electron chi connectivity index (χ0n) is 32.8. The minimum atomic E-state index is -1.04. The maximum absolute atomic E-state index is 14.0. The monoisotopic (exact) mass is 748 g/mol. The number of ketones is 1. The Morgan fingerprint density at radius 3 is 2.64 bits per heavy atom. The fraction of sp³-hybridized carbons (Fsp3) is 0.902. The molecule has 6 aliphatic rings. The van der Waals surface area contributed by atoms with Crippen molar-refractivity contribution in [1.82, 2.24) is 10.6 Å². The number of rotatable bonds is 12. The molecule has 6 fully saturated rings. The van der Waals surface area contributed by atoms with Crippen LogP contribution in [0.5, 0.6) is 0 Å². The molecule has 12 heteroatoms. The van der Waals surface area contributed by atoms with Gasteiger partial charge in [-0.15, -0.1) is 0 Å². The zero-order chi connectivity index (χ0) is 37.9. The molecule has 0 aromatic heterocycles. The fourth-order valence-corrected chi connectivity index (χ4v) is 11.3. The summed E-state index contributed by atoms with van der Waals surface area (Å²) in [7, 11) is 0. The van der Waals surface area contributed by atoms with Crippen LogP contribution < -0.4 is 21.7 Å². The summed E-state index contributed by atoms with van der Waals surface area (Å²) in [5, 5.41) is 42.7. The van der Waals surface area contributed by atoms with Gasteiger partial charge in [0.1, 0.15) is 23.7 Å². The number of nitrogens with one attached hydrogen (secondary N) is 2. The number of aliphatic hydroxyl groups is 3. The summed E-state index contributed by atoms with van der Waals surface area (Å²) in [5.74, 6) is -0.832. The van der Waals surface area contributed by atoms with Crippen molar-refractivity contribution in [2.24, 2.45) is 47.2 Å². The van der Waals surface area contributed by atoms with E-state index in [4.69, 9.17) is 19.9 Å². The van der Waals surface area contributed by atoms with Gasteiger partial charge in [0, 0.05) is 36.2 Å². The predicted molar refractivity (Wildman–Crippen MR) is 200 cm³/mol. The van der Waals surface area contributed by atoms with E-state index in [1.54, 1.807) is 13.0 Å². The molecule has 2 saturated carbocycles. The summed E-state index contributed by atoms with van der Waals surface area (Å²) in [6.45, 7) is 10.3. The van der Waals surface area contributed by atoms with E-state index in [1.165, 1.54) is 0 Å². The number of Topliss-reactive ketones (excluding diaryl/α,β-unsaturated/α-hetero) is 1. The van der Waals surface area contributed by atoms with Gasteiger partial charge in [0.15, 0.2) is 0 Å². The number of fused-ring (bicyclic) bond motifs is 2. The maximum atomic E-state index is 14.0. The molecule has 0 spiro atoms. The SMILES string of the molecule is CC=C(C)C(=O)OC1CC2C(O)C3C(=O)CC(CO)OC3C(C(CC3CCCC(O)C3)C3CCNC(N)C3)C2OC1(C)CCC1CCC(NCC)[NH2+]C1. The number of quaternary nitrogens is 1. The molecular weight excluding hydrogens is 676 g/mol. The quantitative estimate of drug-likeness (QED) is 0.114. The van der Waals surface area contributed by atoms with Gasteiger partial charge in [-0.25, -0.2) is 4.79 Å². The topological polar surface area (TPSA) is 189 Å². The van der Waals surface area contributed by atoms with Crippen LogP contribution in [-0.2, 0) is 23.8 Å². The van der Waals surface area contributed by atoms with E-state index in [0.29, 0.717) is 36.4 Å². The van der Waals surface area contributed by atoms with Crippen LogP contribution in [-0.4, -0.2) is 108 Å². The van der Waals surface area contributed by atoms with E-state index in [9.17, 15) is 24.9 Å². The molecular formula is C41H71N4O8+. The summed E-state index contributed by atoms with van der Waals surface area (Å²) in [5.41, 5.74) is 6.27. The predicted octanol–water partition coefficient (Wildman–Crippen LogP) is 1.89. The van der Waals surface area contributed by atoms with Crippen molar-refractivity contribution in [3.63, 3.8) is 0 Å². The average Bonchev–Trinajstić information content (AvgIpc) is 3.14. The lowest BCUT2D eigenvalue weighted by Gasteiger charge is -2.60. The molecule has 9 N–H and O–H groups in total. The standard InChI is InChI=1S/C41H70N4O8/c1-5-23(3)40(50)52-32-20-30-37(49)36-31(48)19-28(22-46)51-39(36)35(29(26-13-15-44-33(42)18-26)17-25-8-7-9-27(47)16-25)38(30)53-41(32,4)14-12-24-10-11-34(43-6-2)45-21-24/h5,24-30,32-39,43-47,49H,6-22,42H2,1-4H3/p+1. The van der Waals surface area contributed by atoms with Crippen LogP contribution in [0.3, 0.4) is 0 Å². The number of esters is 1. The molecule has 6 rings (SSSR count). The largest absolute Gasteiger partial charge is 0.456 e. The van der Waals surface area contributed by atoms with Crippen LogP contribution in [0.2, 0.25) is 0 Å². The molecule has 4 heterocycles. The van der Waals surface area contributed by atoms with Gasteiger partial charge in [-0.05, 0) is 109 Å². The molecule has 0 aromatic carbocycles. The molecule has 4 saturated heterocycles. The first-order valence-electron chi connectivity index (χ1n) is 21.2. The third-order valence-electron chi connectivity index (χ3n) is 14.4. The molecule has 12 nitrogen and oxygen atoms in total. The Kier molecular flexibility index (Phi) is 14.1. The van der Waals surface area contributed by atoms with Crippen molar-refractivity contribution in [3.8, 4) is 0 Å². The van der Waals surface area contributed by atoms with Crippen molar-refractivity contribution in [3.05, 3.63) is 11.6 Å². The Hall–Kier alpha value is -1.48. The van der Waals surface area contributed by atoms with Crippen LogP contribution >= 0.6 is 0 Å². The zero-order valence-corrected chi connectivity index (χ0v) is 32.8. The van der Waals surface area contributed by atoms with E-state index in [-0.39, 0.29) is 54.8 Å². The molecule has 0 bridgehead atoms. The van der Waals surface area contributed by atoms with E-state index < -0.39 is 48.0 Å². The van der Waals surface area contributed by atoms with E-state index in [0.717, 1.165) is 83.8 Å². The molecule has 16 atom stereocenters. The number of ether oxygens (including phenoxy) is 3. The van der Waals surface area contributed by atoms with Crippen LogP contribution in [0.1, 0.15) is 111 Å². The highest BCUT2D eigenvalue weighted by atomic mass is 16.6. The normalized spacial score (nSPS) is 44.5. The Labute approximate surface area is 317 Å². The first-order chi connectivity index (χ1) is 25.4. The van der Waals surface area contributed by atoms with Gasteiger partial charge in [0.05, 0.1) is 55.8 Å². The number of nitrogens with two attached hydrogens (primary N) is 2. The maximum Gasteiger partial charge on any atom is 0.333 e. The second-order valence-corrected chi connectivity index (χ2v) is 17.9. The molecule has 53 heavy (non-hydrogen) atoms. The van der Waals surface area contributed by atoms with E-state index >= 15 is 0 Å². The van der Waals surface area contributed by atoms with Gasteiger partial charge in [0.25, 0.3) is 0 Å². The second-order valence-electron chi connectivity index (χ2n) is 17.9. The van der Waals surface area contributed by atoms with E-state index in [2.05, 4.69) is 29.8 Å². The molecule has 0 radical (unpaired) electrons. The first kappa shape index (κ1) is 41.2. The number of allylic oxidation sites excluding steroid dienone is 1.